The first kappa shape index (κ1) is 23.7. The first-order valence-corrected chi connectivity index (χ1v) is 11.5. The van der Waals surface area contributed by atoms with Crippen LogP contribution in [-0.4, -0.2) is 21.8 Å². The number of hydrogen-bond acceptors (Lipinski definition) is 3. The van der Waals surface area contributed by atoms with Gasteiger partial charge in [-0.3, -0.25) is 0 Å². The Morgan fingerprint density at radius 1 is 0.882 bits per heavy atom. The molecule has 0 bridgehead atoms. The fourth-order valence-electron chi connectivity index (χ4n) is 4.06. The lowest BCUT2D eigenvalue weighted by atomic mass is 9.83. The van der Waals surface area contributed by atoms with E-state index in [1.165, 1.54) is 0 Å². The molecular formula is C28H22Cl2N2O2. The summed E-state index contributed by atoms with van der Waals surface area (Å²) in [4.78, 5) is 15.1. The van der Waals surface area contributed by atoms with Gasteiger partial charge in [0.05, 0.1) is 5.56 Å². The lowest BCUT2D eigenvalue weighted by Crippen LogP contribution is -2.11. The topological polar surface area (TPSA) is 74.0 Å². The third kappa shape index (κ3) is 5.36. The van der Waals surface area contributed by atoms with Gasteiger partial charge in [0.25, 0.3) is 0 Å². The summed E-state index contributed by atoms with van der Waals surface area (Å²) >= 11 is 12.1. The summed E-state index contributed by atoms with van der Waals surface area (Å²) in [5.41, 5.74) is 6.65. The number of benzene rings is 3. The van der Waals surface area contributed by atoms with Crippen molar-refractivity contribution in [2.24, 2.45) is 0 Å². The van der Waals surface area contributed by atoms with Gasteiger partial charge in [0, 0.05) is 23.6 Å². The smallest absolute Gasteiger partial charge is 0.335 e. The Labute approximate surface area is 208 Å². The van der Waals surface area contributed by atoms with E-state index in [1.807, 2.05) is 36.4 Å². The second-order valence-electron chi connectivity index (χ2n) is 8.10. The number of aryl methyl sites for hydroxylation is 1. The maximum atomic E-state index is 11.1. The molecule has 0 aliphatic heterocycles. The van der Waals surface area contributed by atoms with Crippen molar-refractivity contribution in [3.05, 3.63) is 123 Å². The van der Waals surface area contributed by atoms with Crippen molar-refractivity contribution in [1.82, 2.24) is 4.98 Å². The highest BCUT2D eigenvalue weighted by atomic mass is 35.5. The quantitative estimate of drug-likeness (QED) is 0.207. The zero-order valence-electron chi connectivity index (χ0n) is 18.4. The van der Waals surface area contributed by atoms with Crippen molar-refractivity contribution < 1.29 is 9.90 Å². The standard InChI is InChI=1S/C28H22Cl2N2O2/c1-17-4-2-3-5-23(17)24(16-25(31)22-14-26(29)32-27(30)15-22)20-10-6-18(7-11-20)19-8-12-21(13-9-19)28(33)34/h2-15,24,31H,16H2,1H3,(H,33,34). The summed E-state index contributed by atoms with van der Waals surface area (Å²) in [5.74, 6) is -0.981. The van der Waals surface area contributed by atoms with Crippen molar-refractivity contribution in [1.29, 1.82) is 5.41 Å². The largest absolute Gasteiger partial charge is 0.478 e. The average molecular weight is 489 g/mol. The molecular weight excluding hydrogens is 467 g/mol. The Balaban J connectivity index is 1.67. The van der Waals surface area contributed by atoms with Crippen molar-refractivity contribution in [2.75, 3.05) is 0 Å². The van der Waals surface area contributed by atoms with Gasteiger partial charge in [0.1, 0.15) is 10.3 Å². The molecule has 6 heteroatoms. The van der Waals surface area contributed by atoms with E-state index in [-0.39, 0.29) is 21.8 Å². The molecule has 4 aromatic rings. The van der Waals surface area contributed by atoms with Gasteiger partial charge in [0.2, 0.25) is 0 Å². The van der Waals surface area contributed by atoms with Crippen LogP contribution in [0.5, 0.6) is 0 Å². The summed E-state index contributed by atoms with van der Waals surface area (Å²) < 4.78 is 0. The number of nitrogens with zero attached hydrogens (tertiary/aromatic N) is 1. The number of carboxylic acids is 1. The molecule has 0 saturated heterocycles. The van der Waals surface area contributed by atoms with E-state index in [2.05, 4.69) is 36.2 Å². The molecule has 34 heavy (non-hydrogen) atoms. The van der Waals surface area contributed by atoms with Gasteiger partial charge < -0.3 is 10.5 Å². The molecule has 2 N–H and O–H groups in total. The van der Waals surface area contributed by atoms with Crippen LogP contribution >= 0.6 is 23.2 Å². The number of carboxylic acid groups (broad SMARTS) is 1. The Morgan fingerprint density at radius 3 is 2.00 bits per heavy atom. The van der Waals surface area contributed by atoms with Crippen LogP contribution in [0.2, 0.25) is 10.3 Å². The van der Waals surface area contributed by atoms with Gasteiger partial charge in [-0.25, -0.2) is 9.78 Å². The summed E-state index contributed by atoms with van der Waals surface area (Å²) in [6.45, 7) is 2.07. The molecule has 0 saturated carbocycles. The number of aromatic nitrogens is 1. The van der Waals surface area contributed by atoms with E-state index in [9.17, 15) is 4.79 Å². The summed E-state index contributed by atoms with van der Waals surface area (Å²) in [6.07, 6.45) is 0.466. The number of aromatic carboxylic acids is 1. The molecule has 0 aliphatic rings. The number of rotatable bonds is 7. The minimum absolute atomic E-state index is 0.0390. The Kier molecular flexibility index (Phi) is 7.11. The minimum atomic E-state index is -0.942. The monoisotopic (exact) mass is 488 g/mol. The summed E-state index contributed by atoms with van der Waals surface area (Å²) in [7, 11) is 0. The lowest BCUT2D eigenvalue weighted by Gasteiger charge is -2.21. The number of pyridine rings is 1. The van der Waals surface area contributed by atoms with Gasteiger partial charge in [0.15, 0.2) is 0 Å². The molecule has 1 aromatic heterocycles. The van der Waals surface area contributed by atoms with E-state index in [0.717, 1.165) is 27.8 Å². The maximum absolute atomic E-state index is 11.1. The molecule has 170 valence electrons. The molecule has 3 aromatic carbocycles. The highest BCUT2D eigenvalue weighted by Crippen LogP contribution is 2.33. The number of carbonyl (C=O) groups is 1. The van der Waals surface area contributed by atoms with E-state index in [4.69, 9.17) is 33.7 Å². The van der Waals surface area contributed by atoms with E-state index in [0.29, 0.717) is 17.7 Å². The first-order valence-electron chi connectivity index (χ1n) is 10.7. The zero-order valence-corrected chi connectivity index (χ0v) is 19.9. The second kappa shape index (κ2) is 10.2. The van der Waals surface area contributed by atoms with Crippen molar-refractivity contribution in [2.45, 2.75) is 19.3 Å². The number of nitrogens with one attached hydrogen (secondary N) is 1. The lowest BCUT2D eigenvalue weighted by molar-refractivity contribution is 0.0697. The Bertz CT molecular complexity index is 1330. The first-order chi connectivity index (χ1) is 16.3. The molecule has 1 unspecified atom stereocenters. The fourth-order valence-corrected chi connectivity index (χ4v) is 4.52. The minimum Gasteiger partial charge on any atom is -0.478 e. The summed E-state index contributed by atoms with van der Waals surface area (Å²) in [5, 5.41) is 18.4. The fraction of sp³-hybridized carbons (Fsp3) is 0.107. The maximum Gasteiger partial charge on any atom is 0.335 e. The molecule has 1 heterocycles. The predicted molar refractivity (Wildman–Crippen MR) is 138 cm³/mol. The van der Waals surface area contributed by atoms with Crippen molar-refractivity contribution in [3.63, 3.8) is 0 Å². The van der Waals surface area contributed by atoms with E-state index in [1.54, 1.807) is 24.3 Å². The van der Waals surface area contributed by atoms with Crippen molar-refractivity contribution >= 4 is 34.9 Å². The molecule has 0 fully saturated rings. The third-order valence-corrected chi connectivity index (χ3v) is 6.25. The van der Waals surface area contributed by atoms with Crippen LogP contribution in [0.15, 0.2) is 84.9 Å². The van der Waals surface area contributed by atoms with Crippen LogP contribution in [0.25, 0.3) is 11.1 Å². The Morgan fingerprint density at radius 2 is 1.44 bits per heavy atom. The molecule has 0 spiro atoms. The zero-order chi connectivity index (χ0) is 24.2. The molecule has 0 aliphatic carbocycles. The SMILES string of the molecule is Cc1ccccc1C(CC(=N)c1cc(Cl)nc(Cl)c1)c1ccc(-c2ccc(C(=O)O)cc2)cc1. The third-order valence-electron chi connectivity index (χ3n) is 5.86. The van der Waals surface area contributed by atoms with Gasteiger partial charge in [-0.1, -0.05) is 83.9 Å². The predicted octanol–water partition coefficient (Wildman–Crippen LogP) is 7.65. The average Bonchev–Trinajstić information content (AvgIpc) is 2.82. The van der Waals surface area contributed by atoms with Crippen LogP contribution in [0.4, 0.5) is 0 Å². The van der Waals surface area contributed by atoms with Crippen LogP contribution in [0.1, 0.15) is 45.0 Å². The van der Waals surface area contributed by atoms with Crippen LogP contribution in [0.3, 0.4) is 0 Å². The molecule has 4 rings (SSSR count). The molecule has 0 amide bonds. The van der Waals surface area contributed by atoms with Crippen LogP contribution in [0, 0.1) is 12.3 Å². The molecule has 1 atom stereocenters. The van der Waals surface area contributed by atoms with Gasteiger partial charge >= 0.3 is 5.97 Å². The van der Waals surface area contributed by atoms with Gasteiger partial charge in [-0.05, 0) is 59.0 Å². The highest BCUT2D eigenvalue weighted by molar-refractivity contribution is 6.33. The van der Waals surface area contributed by atoms with Crippen molar-refractivity contribution in [3.8, 4) is 11.1 Å². The molecule has 4 nitrogen and oxygen atoms in total. The number of halogens is 2. The Hall–Kier alpha value is -3.47. The highest BCUT2D eigenvalue weighted by Gasteiger charge is 2.20. The van der Waals surface area contributed by atoms with E-state index < -0.39 is 5.97 Å². The molecule has 0 radical (unpaired) electrons. The summed E-state index contributed by atoms with van der Waals surface area (Å²) in [6, 6.07) is 26.5. The number of hydrogen-bond donors (Lipinski definition) is 2. The van der Waals surface area contributed by atoms with Gasteiger partial charge in [-0.2, -0.15) is 0 Å². The normalized spacial score (nSPS) is 11.7. The van der Waals surface area contributed by atoms with Gasteiger partial charge in [-0.15, -0.1) is 0 Å². The second-order valence-corrected chi connectivity index (χ2v) is 8.87. The van der Waals surface area contributed by atoms with E-state index >= 15 is 0 Å². The van der Waals surface area contributed by atoms with Crippen LogP contribution < -0.4 is 0 Å². The van der Waals surface area contributed by atoms with Crippen LogP contribution in [-0.2, 0) is 0 Å².